The van der Waals surface area contributed by atoms with Crippen molar-refractivity contribution in [1.82, 2.24) is 0 Å². The molecule has 0 heterocycles. The number of halogens is 2. The number of alkyl halides is 2. The normalized spacial score (nSPS) is 16.3. The lowest BCUT2D eigenvalue weighted by Gasteiger charge is -2.14. The Kier molecular flexibility index (Phi) is 3.44. The Hall–Kier alpha value is -1.55. The lowest BCUT2D eigenvalue weighted by Crippen LogP contribution is -2.29. The molecular formula is C16H13Cl2NO2. The molecule has 3 nitrogen and oxygen atoms in total. The summed E-state index contributed by atoms with van der Waals surface area (Å²) in [6.45, 7) is 1.41. The van der Waals surface area contributed by atoms with Crippen LogP contribution < -0.4 is 5.32 Å². The van der Waals surface area contributed by atoms with Gasteiger partial charge in [0.2, 0.25) is 0 Å². The minimum Gasteiger partial charge on any atom is -0.384 e. The third-order valence-corrected chi connectivity index (χ3v) is 3.89. The molecule has 0 aromatic heterocycles. The van der Waals surface area contributed by atoms with E-state index in [9.17, 15) is 9.90 Å². The summed E-state index contributed by atoms with van der Waals surface area (Å²) in [7, 11) is 0. The number of fused-ring (bicyclic) bond motifs is 3. The van der Waals surface area contributed by atoms with Gasteiger partial charge in [0.1, 0.15) is 6.10 Å². The molecule has 1 unspecified atom stereocenters. The van der Waals surface area contributed by atoms with Crippen molar-refractivity contribution in [3.05, 3.63) is 53.6 Å². The fourth-order valence-corrected chi connectivity index (χ4v) is 2.60. The fraction of sp³-hybridized carbons (Fsp3) is 0.188. The Bertz CT molecular complexity index is 722. The van der Waals surface area contributed by atoms with Crippen LogP contribution >= 0.6 is 23.2 Å². The first-order valence-electron chi connectivity index (χ1n) is 6.48. The van der Waals surface area contributed by atoms with Crippen molar-refractivity contribution >= 4 is 34.8 Å². The summed E-state index contributed by atoms with van der Waals surface area (Å²) >= 11 is 11.5. The molecule has 0 fully saturated rings. The molecule has 1 amide bonds. The molecule has 3 rings (SSSR count). The van der Waals surface area contributed by atoms with Gasteiger partial charge >= 0.3 is 0 Å². The Morgan fingerprint density at radius 2 is 1.81 bits per heavy atom. The van der Waals surface area contributed by atoms with Crippen molar-refractivity contribution in [2.75, 3.05) is 5.32 Å². The van der Waals surface area contributed by atoms with E-state index in [4.69, 9.17) is 23.2 Å². The highest BCUT2D eigenvalue weighted by Gasteiger charge is 2.29. The summed E-state index contributed by atoms with van der Waals surface area (Å²) < 4.78 is -1.50. The average Bonchev–Trinajstić information content (AvgIpc) is 2.72. The predicted molar refractivity (Wildman–Crippen MR) is 84.7 cm³/mol. The van der Waals surface area contributed by atoms with Gasteiger partial charge in [0, 0.05) is 5.69 Å². The highest BCUT2D eigenvalue weighted by Crippen LogP contribution is 2.44. The van der Waals surface area contributed by atoms with Crippen LogP contribution in [0.5, 0.6) is 0 Å². The van der Waals surface area contributed by atoms with Crippen molar-refractivity contribution in [1.29, 1.82) is 0 Å². The summed E-state index contributed by atoms with van der Waals surface area (Å²) in [5, 5.41) is 13.0. The van der Waals surface area contributed by atoms with Crippen LogP contribution in [0.2, 0.25) is 0 Å². The fourth-order valence-electron chi connectivity index (χ4n) is 2.50. The number of aliphatic hydroxyl groups is 1. The summed E-state index contributed by atoms with van der Waals surface area (Å²) in [5.41, 5.74) is 4.17. The Morgan fingerprint density at radius 1 is 1.14 bits per heavy atom. The average molecular weight is 322 g/mol. The highest BCUT2D eigenvalue weighted by molar-refractivity contribution is 6.58. The van der Waals surface area contributed by atoms with Gasteiger partial charge in [-0.25, -0.2) is 0 Å². The molecule has 2 N–H and O–H groups in total. The van der Waals surface area contributed by atoms with Crippen molar-refractivity contribution < 1.29 is 9.90 Å². The number of rotatable bonds is 2. The second kappa shape index (κ2) is 5.02. The molecule has 1 atom stereocenters. The SMILES string of the molecule is CC(Cl)(Cl)C(=O)Nc1ccc2c(c1)C(O)c1ccccc1-2. The van der Waals surface area contributed by atoms with Gasteiger partial charge in [0.05, 0.1) is 0 Å². The Labute approximate surface area is 132 Å². The molecule has 0 bridgehead atoms. The minimum atomic E-state index is -1.50. The molecule has 5 heteroatoms. The number of hydrogen-bond donors (Lipinski definition) is 2. The van der Waals surface area contributed by atoms with Gasteiger partial charge in [0.15, 0.2) is 4.33 Å². The van der Waals surface area contributed by atoms with Crippen LogP contribution in [-0.2, 0) is 4.79 Å². The van der Waals surface area contributed by atoms with E-state index in [0.29, 0.717) is 5.69 Å². The van der Waals surface area contributed by atoms with E-state index in [1.54, 1.807) is 12.1 Å². The van der Waals surface area contributed by atoms with Crippen molar-refractivity contribution in [3.63, 3.8) is 0 Å². The highest BCUT2D eigenvalue weighted by atomic mass is 35.5. The van der Waals surface area contributed by atoms with Gasteiger partial charge < -0.3 is 10.4 Å². The zero-order chi connectivity index (χ0) is 15.2. The summed E-state index contributed by atoms with van der Waals surface area (Å²) in [4.78, 5) is 11.8. The molecule has 0 aliphatic heterocycles. The van der Waals surface area contributed by atoms with Crippen molar-refractivity contribution in [3.8, 4) is 11.1 Å². The van der Waals surface area contributed by atoms with Gasteiger partial charge in [-0.3, -0.25) is 4.79 Å². The second-order valence-electron chi connectivity index (χ2n) is 5.13. The van der Waals surface area contributed by atoms with E-state index < -0.39 is 16.3 Å². The van der Waals surface area contributed by atoms with E-state index in [-0.39, 0.29) is 0 Å². The van der Waals surface area contributed by atoms with Gasteiger partial charge in [-0.2, -0.15) is 0 Å². The first-order chi connectivity index (χ1) is 9.88. The second-order valence-corrected chi connectivity index (χ2v) is 6.84. The first kappa shape index (κ1) is 14.4. The van der Waals surface area contributed by atoms with Crippen LogP contribution in [0.4, 0.5) is 5.69 Å². The number of benzene rings is 2. The van der Waals surface area contributed by atoms with Crippen LogP contribution in [0.1, 0.15) is 24.2 Å². The zero-order valence-corrected chi connectivity index (χ0v) is 12.7. The van der Waals surface area contributed by atoms with E-state index in [2.05, 4.69) is 5.32 Å². The predicted octanol–water partition coefficient (Wildman–Crippen LogP) is 3.88. The van der Waals surface area contributed by atoms with E-state index in [1.165, 1.54) is 6.92 Å². The number of aliphatic hydroxyl groups excluding tert-OH is 1. The van der Waals surface area contributed by atoms with Crippen LogP contribution in [0.15, 0.2) is 42.5 Å². The first-order valence-corrected chi connectivity index (χ1v) is 7.24. The molecule has 21 heavy (non-hydrogen) atoms. The molecule has 1 aliphatic rings. The van der Waals surface area contributed by atoms with E-state index >= 15 is 0 Å². The lowest BCUT2D eigenvalue weighted by molar-refractivity contribution is -0.116. The molecule has 0 saturated carbocycles. The molecule has 108 valence electrons. The number of carbonyl (C=O) groups excluding carboxylic acids is 1. The van der Waals surface area contributed by atoms with E-state index in [0.717, 1.165) is 22.3 Å². The Morgan fingerprint density at radius 3 is 2.52 bits per heavy atom. The maximum Gasteiger partial charge on any atom is 0.260 e. The van der Waals surface area contributed by atoms with Crippen LogP contribution in [0.25, 0.3) is 11.1 Å². The van der Waals surface area contributed by atoms with Crippen molar-refractivity contribution in [2.24, 2.45) is 0 Å². The summed E-state index contributed by atoms with van der Waals surface area (Å²) in [6, 6.07) is 13.1. The maximum atomic E-state index is 11.8. The monoisotopic (exact) mass is 321 g/mol. The minimum absolute atomic E-state index is 0.504. The number of hydrogen-bond acceptors (Lipinski definition) is 2. The molecule has 2 aromatic carbocycles. The molecular weight excluding hydrogens is 309 g/mol. The molecule has 0 radical (unpaired) electrons. The van der Waals surface area contributed by atoms with Gasteiger partial charge in [0.25, 0.3) is 5.91 Å². The van der Waals surface area contributed by atoms with Crippen molar-refractivity contribution in [2.45, 2.75) is 17.4 Å². The molecule has 0 saturated heterocycles. The van der Waals surface area contributed by atoms with Gasteiger partial charge in [-0.15, -0.1) is 0 Å². The third kappa shape index (κ3) is 2.53. The smallest absolute Gasteiger partial charge is 0.260 e. The largest absolute Gasteiger partial charge is 0.384 e. The molecule has 2 aromatic rings. The van der Waals surface area contributed by atoms with E-state index in [1.807, 2.05) is 30.3 Å². The van der Waals surface area contributed by atoms with Gasteiger partial charge in [-0.05, 0) is 41.3 Å². The quantitative estimate of drug-likeness (QED) is 0.824. The number of nitrogens with one attached hydrogen (secondary N) is 1. The standard InChI is InChI=1S/C16H13Cl2NO2/c1-16(17,18)15(21)19-9-6-7-11-10-4-2-3-5-12(10)14(20)13(11)8-9/h2-8,14,20H,1H3,(H,19,21). The lowest BCUT2D eigenvalue weighted by atomic mass is 10.1. The van der Waals surface area contributed by atoms with Crippen LogP contribution in [0, 0.1) is 0 Å². The number of carbonyl (C=O) groups is 1. The topological polar surface area (TPSA) is 49.3 Å². The summed E-state index contributed by atoms with van der Waals surface area (Å²) in [5.74, 6) is -0.504. The summed E-state index contributed by atoms with van der Waals surface area (Å²) in [6.07, 6.45) is -0.688. The Balaban J connectivity index is 1.96. The number of amides is 1. The molecule has 0 spiro atoms. The maximum absolute atomic E-state index is 11.8. The van der Waals surface area contributed by atoms with Gasteiger partial charge in [-0.1, -0.05) is 53.5 Å². The zero-order valence-electron chi connectivity index (χ0n) is 11.2. The molecule has 1 aliphatic carbocycles. The third-order valence-electron chi connectivity index (χ3n) is 3.55. The van der Waals surface area contributed by atoms with Crippen LogP contribution in [-0.4, -0.2) is 15.3 Å². The van der Waals surface area contributed by atoms with Crippen LogP contribution in [0.3, 0.4) is 0 Å². The number of anilines is 1.